The van der Waals surface area contributed by atoms with Gasteiger partial charge in [0, 0.05) is 19.2 Å². The van der Waals surface area contributed by atoms with Gasteiger partial charge in [0.05, 0.1) is 0 Å². The van der Waals surface area contributed by atoms with Gasteiger partial charge in [0.1, 0.15) is 0 Å². The van der Waals surface area contributed by atoms with E-state index < -0.39 is 0 Å². The van der Waals surface area contributed by atoms with E-state index in [9.17, 15) is 4.79 Å². The quantitative estimate of drug-likeness (QED) is 0.558. The van der Waals surface area contributed by atoms with E-state index in [1.807, 2.05) is 0 Å². The van der Waals surface area contributed by atoms with Crippen LogP contribution in [0.4, 0.5) is 0 Å². The Labute approximate surface area is 67.2 Å². The predicted octanol–water partition coefficient (Wildman–Crippen LogP) is 1.70. The number of hydrogen-bond donors (Lipinski definition) is 0. The van der Waals surface area contributed by atoms with Gasteiger partial charge in [0.25, 0.3) is 0 Å². The molecular weight excluding hydrogens is 138 g/mol. The Morgan fingerprint density at radius 3 is 3.00 bits per heavy atom. The summed E-state index contributed by atoms with van der Waals surface area (Å²) in [4.78, 5) is 12.8. The lowest BCUT2D eigenvalue weighted by Crippen LogP contribution is -2.30. The average Bonchev–Trinajstić information content (AvgIpc) is 2.04. The van der Waals surface area contributed by atoms with Crippen molar-refractivity contribution in [1.29, 1.82) is 0 Å². The smallest absolute Gasteiger partial charge is 0.223 e. The standard InChI is InChI=1S/C9H13NO/c1-3-9-6-4-5-7-10(9)8(2)11/h3,6H,1,4-5,7H2,2H3. The van der Waals surface area contributed by atoms with Crippen LogP contribution in [0.2, 0.25) is 0 Å². The first kappa shape index (κ1) is 8.05. The molecule has 0 saturated carbocycles. The first-order valence-corrected chi connectivity index (χ1v) is 3.86. The topological polar surface area (TPSA) is 20.3 Å². The molecule has 0 aliphatic carbocycles. The van der Waals surface area contributed by atoms with E-state index >= 15 is 0 Å². The highest BCUT2D eigenvalue weighted by Gasteiger charge is 2.13. The van der Waals surface area contributed by atoms with Gasteiger partial charge in [-0.05, 0) is 18.9 Å². The number of carbonyl (C=O) groups is 1. The summed E-state index contributed by atoms with van der Waals surface area (Å²) in [6.07, 6.45) is 5.92. The van der Waals surface area contributed by atoms with Crippen LogP contribution >= 0.6 is 0 Å². The number of nitrogens with zero attached hydrogens (tertiary/aromatic N) is 1. The van der Waals surface area contributed by atoms with Crippen LogP contribution in [0.5, 0.6) is 0 Å². The summed E-state index contributed by atoms with van der Waals surface area (Å²) in [5.41, 5.74) is 0.962. The molecule has 1 rings (SSSR count). The molecule has 0 spiro atoms. The largest absolute Gasteiger partial charge is 0.313 e. The van der Waals surface area contributed by atoms with Crippen LogP contribution in [0.15, 0.2) is 24.4 Å². The average molecular weight is 151 g/mol. The molecule has 0 bridgehead atoms. The summed E-state index contributed by atoms with van der Waals surface area (Å²) < 4.78 is 0. The Morgan fingerprint density at radius 2 is 2.55 bits per heavy atom. The molecule has 2 heteroatoms. The fraction of sp³-hybridized carbons (Fsp3) is 0.444. The van der Waals surface area contributed by atoms with Crippen molar-refractivity contribution in [2.75, 3.05) is 6.54 Å². The van der Waals surface area contributed by atoms with Crippen LogP contribution in [0.1, 0.15) is 19.8 Å². The van der Waals surface area contributed by atoms with Gasteiger partial charge in [-0.15, -0.1) is 0 Å². The second kappa shape index (κ2) is 3.37. The third-order valence-electron chi connectivity index (χ3n) is 1.84. The van der Waals surface area contributed by atoms with Gasteiger partial charge in [-0.1, -0.05) is 12.7 Å². The molecule has 60 valence electrons. The van der Waals surface area contributed by atoms with Gasteiger partial charge in [-0.2, -0.15) is 0 Å². The number of allylic oxidation sites excluding steroid dienone is 2. The third kappa shape index (κ3) is 1.70. The second-order valence-electron chi connectivity index (χ2n) is 2.65. The predicted molar refractivity (Wildman–Crippen MR) is 44.9 cm³/mol. The fourth-order valence-electron chi connectivity index (χ4n) is 1.27. The van der Waals surface area contributed by atoms with Crippen LogP contribution in [0.3, 0.4) is 0 Å². The van der Waals surface area contributed by atoms with E-state index in [0.29, 0.717) is 0 Å². The summed E-state index contributed by atoms with van der Waals surface area (Å²) in [6.45, 7) is 6.08. The molecule has 11 heavy (non-hydrogen) atoms. The molecule has 1 amide bonds. The van der Waals surface area contributed by atoms with Gasteiger partial charge < -0.3 is 4.90 Å². The molecule has 1 aliphatic heterocycles. The van der Waals surface area contributed by atoms with E-state index in [2.05, 4.69) is 12.7 Å². The van der Waals surface area contributed by atoms with E-state index in [0.717, 1.165) is 25.1 Å². The minimum atomic E-state index is 0.107. The van der Waals surface area contributed by atoms with Crippen LogP contribution < -0.4 is 0 Å². The van der Waals surface area contributed by atoms with Crippen LogP contribution in [-0.4, -0.2) is 17.4 Å². The SMILES string of the molecule is C=CC1=CCCCN1C(C)=O. The Kier molecular flexibility index (Phi) is 2.47. The highest BCUT2D eigenvalue weighted by Crippen LogP contribution is 2.14. The Balaban J connectivity index is 2.77. The maximum atomic E-state index is 11.0. The molecule has 0 saturated heterocycles. The summed E-state index contributed by atoms with van der Waals surface area (Å²) in [5.74, 6) is 0.107. The molecule has 2 nitrogen and oxygen atoms in total. The summed E-state index contributed by atoms with van der Waals surface area (Å²) in [7, 11) is 0. The van der Waals surface area contributed by atoms with E-state index in [1.165, 1.54) is 0 Å². The number of hydrogen-bond acceptors (Lipinski definition) is 1. The molecule has 1 heterocycles. The van der Waals surface area contributed by atoms with Crippen LogP contribution in [0.25, 0.3) is 0 Å². The van der Waals surface area contributed by atoms with Crippen molar-refractivity contribution in [3.8, 4) is 0 Å². The lowest BCUT2D eigenvalue weighted by Gasteiger charge is -2.25. The maximum absolute atomic E-state index is 11.0. The van der Waals surface area contributed by atoms with E-state index in [4.69, 9.17) is 0 Å². The van der Waals surface area contributed by atoms with Crippen molar-refractivity contribution in [1.82, 2.24) is 4.90 Å². The molecule has 0 aromatic rings. The minimum Gasteiger partial charge on any atom is -0.313 e. The van der Waals surface area contributed by atoms with Gasteiger partial charge in [0.2, 0.25) is 5.91 Å². The molecule has 0 radical (unpaired) electrons. The van der Waals surface area contributed by atoms with Crippen LogP contribution in [0, 0.1) is 0 Å². The molecule has 0 aromatic carbocycles. The molecular formula is C9H13NO. The van der Waals surface area contributed by atoms with E-state index in [1.54, 1.807) is 17.9 Å². The zero-order valence-corrected chi connectivity index (χ0v) is 6.84. The fourth-order valence-corrected chi connectivity index (χ4v) is 1.27. The van der Waals surface area contributed by atoms with Crippen molar-refractivity contribution in [3.05, 3.63) is 24.4 Å². The van der Waals surface area contributed by atoms with Crippen molar-refractivity contribution in [2.45, 2.75) is 19.8 Å². The van der Waals surface area contributed by atoms with Crippen molar-refractivity contribution in [2.24, 2.45) is 0 Å². The zero-order chi connectivity index (χ0) is 8.27. The van der Waals surface area contributed by atoms with Gasteiger partial charge >= 0.3 is 0 Å². The summed E-state index contributed by atoms with van der Waals surface area (Å²) >= 11 is 0. The molecule has 0 fully saturated rings. The lowest BCUT2D eigenvalue weighted by atomic mass is 10.1. The highest BCUT2D eigenvalue weighted by molar-refractivity contribution is 5.76. The first-order chi connectivity index (χ1) is 5.25. The Hall–Kier alpha value is -1.05. The molecule has 0 N–H and O–H groups in total. The van der Waals surface area contributed by atoms with Crippen LogP contribution in [-0.2, 0) is 4.79 Å². The summed E-state index contributed by atoms with van der Waals surface area (Å²) in [6, 6.07) is 0. The normalized spacial score (nSPS) is 17.5. The number of amides is 1. The van der Waals surface area contributed by atoms with Gasteiger partial charge in [0.15, 0.2) is 0 Å². The first-order valence-electron chi connectivity index (χ1n) is 3.86. The van der Waals surface area contributed by atoms with E-state index in [-0.39, 0.29) is 5.91 Å². The second-order valence-corrected chi connectivity index (χ2v) is 2.65. The summed E-state index contributed by atoms with van der Waals surface area (Å²) in [5, 5.41) is 0. The molecule has 0 unspecified atom stereocenters. The Bertz CT molecular complexity index is 206. The van der Waals surface area contributed by atoms with Crippen molar-refractivity contribution >= 4 is 5.91 Å². The number of rotatable bonds is 1. The van der Waals surface area contributed by atoms with Gasteiger partial charge in [-0.3, -0.25) is 4.79 Å². The molecule has 0 aromatic heterocycles. The van der Waals surface area contributed by atoms with Crippen molar-refractivity contribution in [3.63, 3.8) is 0 Å². The minimum absolute atomic E-state index is 0.107. The monoisotopic (exact) mass is 151 g/mol. The maximum Gasteiger partial charge on any atom is 0.223 e. The van der Waals surface area contributed by atoms with Crippen molar-refractivity contribution < 1.29 is 4.79 Å². The lowest BCUT2D eigenvalue weighted by molar-refractivity contribution is -0.127. The molecule has 0 atom stereocenters. The van der Waals surface area contributed by atoms with Gasteiger partial charge in [-0.25, -0.2) is 0 Å². The third-order valence-corrected chi connectivity index (χ3v) is 1.84. The highest BCUT2D eigenvalue weighted by atomic mass is 16.2. The Morgan fingerprint density at radius 1 is 1.82 bits per heavy atom. The number of carbonyl (C=O) groups excluding carboxylic acids is 1. The zero-order valence-electron chi connectivity index (χ0n) is 6.84. The molecule has 1 aliphatic rings.